The van der Waals surface area contributed by atoms with Crippen molar-refractivity contribution in [2.75, 3.05) is 0 Å². The molecule has 2 rings (SSSR count). The van der Waals surface area contributed by atoms with Crippen LogP contribution in [0.3, 0.4) is 0 Å². The molecule has 0 aliphatic carbocycles. The van der Waals surface area contributed by atoms with Crippen LogP contribution in [0.5, 0.6) is 0 Å². The number of benzene rings is 2. The van der Waals surface area contributed by atoms with Gasteiger partial charge in [0.25, 0.3) is 11.9 Å². The first-order valence-corrected chi connectivity index (χ1v) is 6.89. The van der Waals surface area contributed by atoms with Gasteiger partial charge in [0.2, 0.25) is 0 Å². The molecule has 0 aliphatic heterocycles. The number of hydrogen-bond donors (Lipinski definition) is 2. The summed E-state index contributed by atoms with van der Waals surface area (Å²) in [6, 6.07) is 15.6. The Bertz CT molecular complexity index is 595. The third-order valence-corrected chi connectivity index (χ3v) is 2.86. The van der Waals surface area contributed by atoms with Crippen molar-refractivity contribution < 1.29 is 25.3 Å². The third-order valence-electron chi connectivity index (χ3n) is 2.04. The first kappa shape index (κ1) is 23.2. The summed E-state index contributed by atoms with van der Waals surface area (Å²) in [4.78, 5) is 18.0. The monoisotopic (exact) mass is 360 g/mol. The zero-order valence-corrected chi connectivity index (χ0v) is 14.1. The largest absolute Gasteiger partial charge is 0.481 e. The van der Waals surface area contributed by atoms with Crippen LogP contribution in [0.25, 0.3) is 11.1 Å². The quantitative estimate of drug-likeness (QED) is 0.800. The van der Waals surface area contributed by atoms with Crippen LogP contribution in [0.1, 0.15) is 13.8 Å². The molecule has 0 saturated carbocycles. The first-order valence-electron chi connectivity index (χ1n) is 6.14. The zero-order valence-electron chi connectivity index (χ0n) is 12.6. The zero-order chi connectivity index (χ0) is 17.1. The maximum atomic E-state index is 9.00. The lowest BCUT2D eigenvalue weighted by Crippen LogP contribution is -1.79. The second-order valence-electron chi connectivity index (χ2n) is 4.01. The molecule has 7 heteroatoms. The summed E-state index contributed by atoms with van der Waals surface area (Å²) in [5.41, 5.74) is 2.06. The van der Waals surface area contributed by atoms with Gasteiger partial charge in [0.05, 0.1) is 10.0 Å². The van der Waals surface area contributed by atoms with E-state index >= 15 is 0 Å². The van der Waals surface area contributed by atoms with Crippen LogP contribution in [0.4, 0.5) is 0 Å². The van der Waals surface area contributed by atoms with Crippen molar-refractivity contribution in [3.05, 3.63) is 58.6 Å². The van der Waals surface area contributed by atoms with E-state index in [1.807, 2.05) is 42.5 Å². The Morgan fingerprint density at radius 1 is 0.826 bits per heavy atom. The molecule has 23 heavy (non-hydrogen) atoms. The molecule has 0 heterocycles. The Hall–Kier alpha value is -2.08. The summed E-state index contributed by atoms with van der Waals surface area (Å²) in [6.45, 7) is 2.17. The summed E-state index contributed by atoms with van der Waals surface area (Å²) in [5, 5.41) is 16.0. The Balaban J connectivity index is 0. The average Bonchev–Trinajstić information content (AvgIpc) is 2.42. The number of aliphatic carboxylic acids is 2. The second-order valence-corrected chi connectivity index (χ2v) is 4.79. The van der Waals surface area contributed by atoms with Crippen LogP contribution in [-0.2, 0) is 9.59 Å². The van der Waals surface area contributed by atoms with E-state index in [4.69, 9.17) is 43.0 Å². The Labute approximate surface area is 144 Å². The number of carboxylic acids is 2. The molecular formula is C16H18Cl2O5. The van der Waals surface area contributed by atoms with Crippen molar-refractivity contribution in [1.29, 1.82) is 0 Å². The van der Waals surface area contributed by atoms with Crippen molar-refractivity contribution >= 4 is 35.1 Å². The van der Waals surface area contributed by atoms with Crippen molar-refractivity contribution in [1.82, 2.24) is 0 Å². The molecule has 2 aromatic carbocycles. The lowest BCUT2D eigenvalue weighted by atomic mass is 10.1. The van der Waals surface area contributed by atoms with Gasteiger partial charge in [-0.15, -0.1) is 0 Å². The highest BCUT2D eigenvalue weighted by atomic mass is 35.5. The highest BCUT2D eigenvalue weighted by Crippen LogP contribution is 2.32. The van der Waals surface area contributed by atoms with E-state index < -0.39 is 11.9 Å². The van der Waals surface area contributed by atoms with Crippen molar-refractivity contribution in [2.45, 2.75) is 13.8 Å². The fourth-order valence-electron chi connectivity index (χ4n) is 1.34. The first-order chi connectivity index (χ1) is 10.3. The van der Waals surface area contributed by atoms with E-state index in [1.165, 1.54) is 0 Å². The molecule has 0 aliphatic rings. The molecule has 0 bridgehead atoms. The Kier molecular flexibility index (Phi) is 12.6. The maximum absolute atomic E-state index is 9.00. The van der Waals surface area contributed by atoms with E-state index in [-0.39, 0.29) is 5.48 Å². The average molecular weight is 361 g/mol. The van der Waals surface area contributed by atoms with Gasteiger partial charge in [-0.25, -0.2) is 0 Å². The summed E-state index contributed by atoms with van der Waals surface area (Å²) in [7, 11) is 0. The van der Waals surface area contributed by atoms with Crippen LogP contribution < -0.4 is 0 Å². The van der Waals surface area contributed by atoms with Crippen LogP contribution in [-0.4, -0.2) is 27.6 Å². The van der Waals surface area contributed by atoms with Crippen LogP contribution >= 0.6 is 23.2 Å². The predicted molar refractivity (Wildman–Crippen MR) is 92.1 cm³/mol. The van der Waals surface area contributed by atoms with E-state index in [2.05, 4.69) is 0 Å². The van der Waals surface area contributed by atoms with Crippen LogP contribution in [0.15, 0.2) is 48.5 Å². The smallest absolute Gasteiger partial charge is 0.300 e. The number of halogens is 2. The lowest BCUT2D eigenvalue weighted by Gasteiger charge is -2.04. The predicted octanol–water partition coefficient (Wildman–Crippen LogP) is 4.02. The van der Waals surface area contributed by atoms with E-state index in [0.717, 1.165) is 25.0 Å². The molecule has 0 amide bonds. The van der Waals surface area contributed by atoms with Crippen molar-refractivity contribution in [3.63, 3.8) is 0 Å². The molecule has 0 unspecified atom stereocenters. The highest BCUT2D eigenvalue weighted by Gasteiger charge is 2.05. The molecule has 126 valence electrons. The number of carbonyl (C=O) groups is 2. The molecule has 0 aromatic heterocycles. The standard InChI is InChI=1S/C12H8Cl2.2C2H4O2.H2O/c13-11-8-4-7-10(12(11)14)9-5-2-1-3-6-9;2*1-2(3)4;/h1-8H;2*1H3,(H,3,4);1H2. The van der Waals surface area contributed by atoms with E-state index in [0.29, 0.717) is 10.0 Å². The van der Waals surface area contributed by atoms with Gasteiger partial charge in [0, 0.05) is 19.4 Å². The fourth-order valence-corrected chi connectivity index (χ4v) is 1.75. The molecule has 5 nitrogen and oxygen atoms in total. The number of carboxylic acid groups (broad SMARTS) is 2. The van der Waals surface area contributed by atoms with Gasteiger partial charge in [-0.1, -0.05) is 65.7 Å². The molecule has 0 spiro atoms. The molecule has 4 N–H and O–H groups in total. The summed E-state index contributed by atoms with van der Waals surface area (Å²) in [6.07, 6.45) is 0. The van der Waals surface area contributed by atoms with Gasteiger partial charge in [-0.2, -0.15) is 0 Å². The second kappa shape index (κ2) is 12.5. The minimum atomic E-state index is -0.833. The SMILES string of the molecule is CC(=O)O.CC(=O)O.Clc1cccc(-c2ccccc2)c1Cl.O. The van der Waals surface area contributed by atoms with Gasteiger partial charge in [0.15, 0.2) is 0 Å². The molecular weight excluding hydrogens is 343 g/mol. The number of rotatable bonds is 1. The molecule has 0 atom stereocenters. The normalized spacial score (nSPS) is 8.35. The maximum Gasteiger partial charge on any atom is 0.300 e. The number of hydrogen-bond acceptors (Lipinski definition) is 2. The lowest BCUT2D eigenvalue weighted by molar-refractivity contribution is -0.135. The van der Waals surface area contributed by atoms with Crippen LogP contribution in [0, 0.1) is 0 Å². The van der Waals surface area contributed by atoms with Gasteiger partial charge >= 0.3 is 0 Å². The topological polar surface area (TPSA) is 106 Å². The van der Waals surface area contributed by atoms with Crippen molar-refractivity contribution in [2.24, 2.45) is 0 Å². The summed E-state index contributed by atoms with van der Waals surface area (Å²) in [5.74, 6) is -1.67. The summed E-state index contributed by atoms with van der Waals surface area (Å²) >= 11 is 12.0. The highest BCUT2D eigenvalue weighted by molar-refractivity contribution is 6.43. The van der Waals surface area contributed by atoms with Gasteiger partial charge < -0.3 is 15.7 Å². The minimum absolute atomic E-state index is 0. The van der Waals surface area contributed by atoms with Gasteiger partial charge in [0.1, 0.15) is 0 Å². The fraction of sp³-hybridized carbons (Fsp3) is 0.125. The minimum Gasteiger partial charge on any atom is -0.481 e. The molecule has 0 radical (unpaired) electrons. The summed E-state index contributed by atoms with van der Waals surface area (Å²) < 4.78 is 0. The molecule has 2 aromatic rings. The van der Waals surface area contributed by atoms with Gasteiger partial charge in [-0.3, -0.25) is 9.59 Å². The third kappa shape index (κ3) is 11.2. The van der Waals surface area contributed by atoms with Gasteiger partial charge in [-0.05, 0) is 11.6 Å². The van der Waals surface area contributed by atoms with Crippen molar-refractivity contribution in [3.8, 4) is 11.1 Å². The van der Waals surface area contributed by atoms with E-state index in [9.17, 15) is 0 Å². The Morgan fingerprint density at radius 2 is 1.26 bits per heavy atom. The van der Waals surface area contributed by atoms with Crippen LogP contribution in [0.2, 0.25) is 10.0 Å². The van der Waals surface area contributed by atoms with E-state index in [1.54, 1.807) is 6.07 Å². The molecule has 0 fully saturated rings. The Morgan fingerprint density at radius 3 is 1.70 bits per heavy atom. The molecule has 0 saturated heterocycles.